The quantitative estimate of drug-likeness (QED) is 0.174. The molecule has 0 atom stereocenters. The topological polar surface area (TPSA) is 47.6 Å². The molecule has 0 spiro atoms. The fraction of sp³-hybridized carbons (Fsp3) is 0.120. The number of carbonyl (C=O) groups is 1. The summed E-state index contributed by atoms with van der Waals surface area (Å²) < 4.78 is 14.9. The van der Waals surface area contributed by atoms with Crippen LogP contribution in [-0.4, -0.2) is 26.3 Å². The van der Waals surface area contributed by atoms with Crippen molar-refractivity contribution in [2.75, 3.05) is 6.61 Å². The predicted octanol–water partition coefficient (Wildman–Crippen LogP) is 7.13. The van der Waals surface area contributed by atoms with Crippen LogP contribution in [0.15, 0.2) is 80.9 Å². The Hall–Kier alpha value is -2.52. The van der Waals surface area contributed by atoms with E-state index in [4.69, 9.17) is 33.0 Å². The van der Waals surface area contributed by atoms with Gasteiger partial charge in [0.25, 0.3) is 5.91 Å². The molecule has 34 heavy (non-hydrogen) atoms. The van der Waals surface area contributed by atoms with E-state index >= 15 is 0 Å². The third-order valence-corrected chi connectivity index (χ3v) is 7.54. The second kappa shape index (κ2) is 10.00. The van der Waals surface area contributed by atoms with Crippen molar-refractivity contribution in [1.29, 1.82) is 0 Å². The molecule has 4 aromatic rings. The summed E-state index contributed by atoms with van der Waals surface area (Å²) >= 11 is 16.5. The molecule has 1 saturated heterocycles. The largest absolute Gasteiger partial charge is 0.490 e. The standard InChI is InChI=1S/C25H18BrClN2O3S2/c26-17-7-8-21-19(13-17)16(14-28(21)9-11-32-22-6-2-1-5-20(22)27)12-23-24(30)29(25(33)34-23)15-18-4-3-10-31-18/h1-8,10,12-14H,9,11,15H2/b23-12-. The fourth-order valence-corrected chi connectivity index (χ4v) is 5.55. The number of carbonyl (C=O) groups excluding carboxylic acids is 1. The Balaban J connectivity index is 1.40. The van der Waals surface area contributed by atoms with Crippen molar-refractivity contribution in [2.45, 2.75) is 13.1 Å². The highest BCUT2D eigenvalue weighted by atomic mass is 79.9. The molecule has 0 N–H and O–H groups in total. The van der Waals surface area contributed by atoms with E-state index in [0.717, 1.165) is 20.9 Å². The number of rotatable bonds is 7. The number of hydrogen-bond donors (Lipinski definition) is 0. The summed E-state index contributed by atoms with van der Waals surface area (Å²) in [5, 5.41) is 1.62. The molecule has 0 bridgehead atoms. The van der Waals surface area contributed by atoms with Gasteiger partial charge in [0.05, 0.1) is 29.3 Å². The van der Waals surface area contributed by atoms with Gasteiger partial charge in [-0.15, -0.1) is 0 Å². The number of furan rings is 1. The Morgan fingerprint density at radius 2 is 2.03 bits per heavy atom. The van der Waals surface area contributed by atoms with Crippen LogP contribution in [0.5, 0.6) is 5.75 Å². The summed E-state index contributed by atoms with van der Waals surface area (Å²) in [5.74, 6) is 1.23. The fourth-order valence-electron chi connectivity index (χ4n) is 3.75. The lowest BCUT2D eigenvalue weighted by Gasteiger charge is -2.11. The van der Waals surface area contributed by atoms with Crippen molar-refractivity contribution in [2.24, 2.45) is 0 Å². The monoisotopic (exact) mass is 572 g/mol. The smallest absolute Gasteiger partial charge is 0.266 e. The number of aromatic nitrogens is 1. The number of hydrogen-bond acceptors (Lipinski definition) is 5. The van der Waals surface area contributed by atoms with Gasteiger partial charge in [-0.25, -0.2) is 0 Å². The first kappa shape index (κ1) is 23.2. The zero-order chi connectivity index (χ0) is 23.7. The molecule has 0 aliphatic carbocycles. The summed E-state index contributed by atoms with van der Waals surface area (Å²) in [5.41, 5.74) is 1.98. The zero-order valence-electron chi connectivity index (χ0n) is 17.7. The molecule has 1 fully saturated rings. The average Bonchev–Trinajstić information content (AvgIpc) is 3.51. The lowest BCUT2D eigenvalue weighted by molar-refractivity contribution is -0.122. The van der Waals surface area contributed by atoms with Crippen molar-refractivity contribution in [3.05, 3.63) is 92.8 Å². The Kier molecular flexibility index (Phi) is 6.83. The third-order valence-electron chi connectivity index (χ3n) is 5.35. The summed E-state index contributed by atoms with van der Waals surface area (Å²) in [6.45, 7) is 1.40. The highest BCUT2D eigenvalue weighted by Crippen LogP contribution is 2.36. The van der Waals surface area contributed by atoms with Gasteiger partial charge in [0, 0.05) is 27.1 Å². The highest BCUT2D eigenvalue weighted by molar-refractivity contribution is 9.10. The molecule has 1 amide bonds. The molecule has 5 rings (SSSR count). The first-order chi connectivity index (χ1) is 16.5. The number of ether oxygens (including phenoxy) is 1. The van der Waals surface area contributed by atoms with Crippen LogP contribution in [0.2, 0.25) is 5.02 Å². The predicted molar refractivity (Wildman–Crippen MR) is 144 cm³/mol. The number of fused-ring (bicyclic) bond motifs is 1. The molecule has 1 aliphatic rings. The van der Waals surface area contributed by atoms with Gasteiger partial charge in [0.1, 0.15) is 22.4 Å². The lowest BCUT2D eigenvalue weighted by Crippen LogP contribution is -2.27. The third kappa shape index (κ3) is 4.81. The number of benzene rings is 2. The first-order valence-corrected chi connectivity index (χ1v) is 12.8. The van der Waals surface area contributed by atoms with Gasteiger partial charge >= 0.3 is 0 Å². The molecule has 1 aliphatic heterocycles. The number of thiocarbonyl (C=S) groups is 1. The molecule has 0 unspecified atom stereocenters. The van der Waals surface area contributed by atoms with Gasteiger partial charge in [-0.2, -0.15) is 0 Å². The Morgan fingerprint density at radius 3 is 2.82 bits per heavy atom. The van der Waals surface area contributed by atoms with Crippen molar-refractivity contribution >= 4 is 78.7 Å². The number of amides is 1. The first-order valence-electron chi connectivity index (χ1n) is 10.4. The van der Waals surface area contributed by atoms with Crippen LogP contribution in [0.25, 0.3) is 17.0 Å². The number of para-hydroxylation sites is 1. The molecule has 3 heterocycles. The van der Waals surface area contributed by atoms with Crippen LogP contribution in [0, 0.1) is 0 Å². The Bertz CT molecular complexity index is 1420. The summed E-state index contributed by atoms with van der Waals surface area (Å²) in [6, 6.07) is 17.1. The number of nitrogens with zero attached hydrogens (tertiary/aromatic N) is 2. The van der Waals surface area contributed by atoms with E-state index in [-0.39, 0.29) is 5.91 Å². The van der Waals surface area contributed by atoms with Gasteiger partial charge < -0.3 is 13.7 Å². The van der Waals surface area contributed by atoms with Crippen LogP contribution >= 0.6 is 51.5 Å². The maximum atomic E-state index is 13.1. The van der Waals surface area contributed by atoms with E-state index in [0.29, 0.717) is 45.5 Å². The molecule has 0 radical (unpaired) electrons. The van der Waals surface area contributed by atoms with Crippen LogP contribution < -0.4 is 4.74 Å². The molecule has 5 nitrogen and oxygen atoms in total. The van der Waals surface area contributed by atoms with Gasteiger partial charge in [-0.3, -0.25) is 9.69 Å². The van der Waals surface area contributed by atoms with Gasteiger partial charge in [0.15, 0.2) is 0 Å². The van der Waals surface area contributed by atoms with Crippen molar-refractivity contribution in [1.82, 2.24) is 9.47 Å². The molecule has 2 aromatic carbocycles. The van der Waals surface area contributed by atoms with E-state index in [1.54, 1.807) is 23.3 Å². The molecule has 2 aromatic heterocycles. The van der Waals surface area contributed by atoms with Crippen LogP contribution in [-0.2, 0) is 17.9 Å². The summed E-state index contributed by atoms with van der Waals surface area (Å²) in [7, 11) is 0. The Morgan fingerprint density at radius 1 is 1.18 bits per heavy atom. The van der Waals surface area contributed by atoms with E-state index < -0.39 is 0 Å². The molecule has 172 valence electrons. The minimum atomic E-state index is -0.121. The lowest BCUT2D eigenvalue weighted by atomic mass is 10.1. The van der Waals surface area contributed by atoms with E-state index in [2.05, 4.69) is 26.6 Å². The second-order valence-corrected chi connectivity index (χ2v) is 10.6. The van der Waals surface area contributed by atoms with E-state index in [1.807, 2.05) is 48.7 Å². The normalized spacial score (nSPS) is 15.1. The summed E-state index contributed by atoms with van der Waals surface area (Å²) in [4.78, 5) is 15.2. The molecule has 9 heteroatoms. The van der Waals surface area contributed by atoms with Crippen LogP contribution in [0.4, 0.5) is 0 Å². The van der Waals surface area contributed by atoms with E-state index in [9.17, 15) is 4.79 Å². The Labute approximate surface area is 219 Å². The van der Waals surface area contributed by atoms with Crippen LogP contribution in [0.3, 0.4) is 0 Å². The van der Waals surface area contributed by atoms with Crippen molar-refractivity contribution in [3.63, 3.8) is 0 Å². The number of halogens is 2. The maximum absolute atomic E-state index is 13.1. The second-order valence-electron chi connectivity index (χ2n) is 7.57. The van der Waals surface area contributed by atoms with Crippen LogP contribution in [0.1, 0.15) is 11.3 Å². The van der Waals surface area contributed by atoms with Crippen molar-refractivity contribution in [3.8, 4) is 5.75 Å². The van der Waals surface area contributed by atoms with Gasteiger partial charge in [0.2, 0.25) is 0 Å². The van der Waals surface area contributed by atoms with Gasteiger partial charge in [-0.05, 0) is 48.5 Å². The maximum Gasteiger partial charge on any atom is 0.266 e. The highest BCUT2D eigenvalue weighted by Gasteiger charge is 2.32. The van der Waals surface area contributed by atoms with Gasteiger partial charge in [-0.1, -0.05) is 63.6 Å². The zero-order valence-corrected chi connectivity index (χ0v) is 21.7. The van der Waals surface area contributed by atoms with Crippen molar-refractivity contribution < 1.29 is 13.9 Å². The molecular weight excluding hydrogens is 556 g/mol. The molecular formula is C25H18BrClN2O3S2. The average molecular weight is 574 g/mol. The van der Waals surface area contributed by atoms with E-state index in [1.165, 1.54) is 11.8 Å². The minimum absolute atomic E-state index is 0.121. The minimum Gasteiger partial charge on any atom is -0.490 e. The number of thioether (sulfide) groups is 1. The summed E-state index contributed by atoms with van der Waals surface area (Å²) in [6.07, 6.45) is 5.53. The molecule has 0 saturated carbocycles. The SMILES string of the molecule is O=C1/C(=C/c2cn(CCOc3ccccc3Cl)c3ccc(Br)cc23)SC(=S)N1Cc1ccco1.